The van der Waals surface area contributed by atoms with Crippen molar-refractivity contribution in [1.82, 2.24) is 24.8 Å². The molecule has 3 aromatic rings. The highest BCUT2D eigenvalue weighted by molar-refractivity contribution is 7.89. The van der Waals surface area contributed by atoms with Crippen molar-refractivity contribution in [3.63, 3.8) is 0 Å². The second kappa shape index (κ2) is 8.38. The molecule has 0 aliphatic carbocycles. The lowest BCUT2D eigenvalue weighted by Crippen LogP contribution is -2.26. The van der Waals surface area contributed by atoms with Crippen LogP contribution in [0.5, 0.6) is 0 Å². The Morgan fingerprint density at radius 1 is 1.37 bits per heavy atom. The molecule has 2 heterocycles. The number of rotatable bonds is 6. The van der Waals surface area contributed by atoms with E-state index in [4.69, 9.17) is 11.6 Å². The molecule has 1 aromatic carbocycles. The molecule has 14 heteroatoms. The number of aromatic nitrogens is 4. The van der Waals surface area contributed by atoms with E-state index in [0.717, 1.165) is 6.07 Å². The van der Waals surface area contributed by atoms with Crippen LogP contribution in [0.3, 0.4) is 0 Å². The molecule has 2 aromatic heterocycles. The Balaban J connectivity index is 1.81. The van der Waals surface area contributed by atoms with Gasteiger partial charge in [0.1, 0.15) is 16.4 Å². The van der Waals surface area contributed by atoms with Crippen LogP contribution in [0.1, 0.15) is 22.8 Å². The van der Waals surface area contributed by atoms with Crippen molar-refractivity contribution < 1.29 is 22.6 Å². The predicted molar refractivity (Wildman–Crippen MR) is 104 cm³/mol. The minimum atomic E-state index is -3.92. The highest BCUT2D eigenvalue weighted by Crippen LogP contribution is 2.21. The molecular weight excluding hydrogens is 441 g/mol. The third-order valence-electron chi connectivity index (χ3n) is 4.20. The summed E-state index contributed by atoms with van der Waals surface area (Å²) < 4.78 is 47.2. The van der Waals surface area contributed by atoms with Crippen molar-refractivity contribution >= 4 is 33.1 Å². The van der Waals surface area contributed by atoms with Gasteiger partial charge in [0.25, 0.3) is 0 Å². The third kappa shape index (κ3) is 4.27. The van der Waals surface area contributed by atoms with E-state index in [-0.39, 0.29) is 33.7 Å². The molecule has 0 unspecified atom stereocenters. The Morgan fingerprint density at radius 2 is 2.10 bits per heavy atom. The van der Waals surface area contributed by atoms with Gasteiger partial charge in [-0.15, -0.1) is 0 Å². The molecule has 0 radical (unpaired) electrons. The largest absolute Gasteiger partial charge is 0.409 e. The van der Waals surface area contributed by atoms with Crippen LogP contribution in [-0.4, -0.2) is 39.6 Å². The Bertz CT molecular complexity index is 1220. The molecule has 0 amide bonds. The zero-order valence-electron chi connectivity index (χ0n) is 16.0. The number of sulfonamides is 1. The van der Waals surface area contributed by atoms with Crippen LogP contribution in [0.4, 0.5) is 10.1 Å². The van der Waals surface area contributed by atoms with Crippen molar-refractivity contribution in [3.05, 3.63) is 51.8 Å². The smallest absolute Gasteiger partial charge is 0.244 e. The summed E-state index contributed by atoms with van der Waals surface area (Å²) in [5, 5.41) is 26.4. The highest BCUT2D eigenvalue weighted by Gasteiger charge is 2.25. The number of hydrogen-bond acceptors (Lipinski definition) is 8. The number of aryl methyl sites for hydroxylation is 2. The number of amidine groups is 1. The van der Waals surface area contributed by atoms with Gasteiger partial charge in [0.05, 0.1) is 23.0 Å². The van der Waals surface area contributed by atoms with Gasteiger partial charge in [-0.3, -0.25) is 4.68 Å². The second-order valence-electron chi connectivity index (χ2n) is 6.21. The topological polar surface area (TPSA) is 148 Å². The number of hydrogen-bond donors (Lipinski definition) is 3. The van der Waals surface area contributed by atoms with Gasteiger partial charge in [-0.1, -0.05) is 21.9 Å². The summed E-state index contributed by atoms with van der Waals surface area (Å²) in [7, 11) is -2.28. The lowest BCUT2D eigenvalue weighted by molar-refractivity contribution is 0.300. The van der Waals surface area contributed by atoms with Crippen molar-refractivity contribution in [2.45, 2.75) is 25.3 Å². The second-order valence-corrected chi connectivity index (χ2v) is 8.32. The molecule has 3 N–H and O–H groups in total. The first-order chi connectivity index (χ1) is 14.1. The van der Waals surface area contributed by atoms with Gasteiger partial charge in [-0.25, -0.2) is 22.2 Å². The summed E-state index contributed by atoms with van der Waals surface area (Å²) in [6.45, 7) is 2.91. The minimum absolute atomic E-state index is 0.0475. The molecule has 0 aliphatic heterocycles. The van der Waals surface area contributed by atoms with Gasteiger partial charge < -0.3 is 10.5 Å². The van der Waals surface area contributed by atoms with Crippen LogP contribution in [0.15, 0.2) is 32.9 Å². The first-order valence-corrected chi connectivity index (χ1v) is 10.3. The maximum absolute atomic E-state index is 13.3. The molecule has 0 spiro atoms. The van der Waals surface area contributed by atoms with E-state index in [0.29, 0.717) is 17.1 Å². The van der Waals surface area contributed by atoms with Crippen LogP contribution in [0, 0.1) is 19.7 Å². The molecule has 30 heavy (non-hydrogen) atoms. The van der Waals surface area contributed by atoms with Crippen LogP contribution < -0.4 is 10.0 Å². The van der Waals surface area contributed by atoms with E-state index in [9.17, 15) is 18.0 Å². The molecule has 160 valence electrons. The van der Waals surface area contributed by atoms with E-state index >= 15 is 0 Å². The molecule has 0 atom stereocenters. The van der Waals surface area contributed by atoms with E-state index < -0.39 is 15.8 Å². The fraction of sp³-hybridized carbons (Fsp3) is 0.250. The van der Waals surface area contributed by atoms with Crippen molar-refractivity contribution in [2.24, 2.45) is 12.2 Å². The van der Waals surface area contributed by atoms with Crippen LogP contribution >= 0.6 is 11.6 Å². The number of nitrogens with zero attached hydrogens (tertiary/aromatic N) is 5. The number of nitrogens with one attached hydrogen (secondary N) is 2. The Hall–Kier alpha value is -3.03. The zero-order valence-corrected chi connectivity index (χ0v) is 17.6. The summed E-state index contributed by atoms with van der Waals surface area (Å²) >= 11 is 5.73. The molecule has 3 rings (SSSR count). The molecule has 0 saturated heterocycles. The molecule has 0 saturated carbocycles. The molecule has 0 bridgehead atoms. The molecular formula is C16H17ClFN7O4S. The van der Waals surface area contributed by atoms with Crippen LogP contribution in [0.2, 0.25) is 5.02 Å². The Labute approximate surface area is 175 Å². The van der Waals surface area contributed by atoms with E-state index in [1.165, 1.54) is 16.8 Å². The molecule has 11 nitrogen and oxygen atoms in total. The quantitative estimate of drug-likeness (QED) is 0.220. The zero-order chi connectivity index (χ0) is 22.1. The third-order valence-corrected chi connectivity index (χ3v) is 6.15. The van der Waals surface area contributed by atoms with Crippen molar-refractivity contribution in [1.29, 1.82) is 0 Å². The summed E-state index contributed by atoms with van der Waals surface area (Å²) in [6, 6.07) is 3.75. The number of benzene rings is 1. The lowest BCUT2D eigenvalue weighted by Gasteiger charge is -2.09. The van der Waals surface area contributed by atoms with Crippen molar-refractivity contribution in [2.75, 3.05) is 5.32 Å². The minimum Gasteiger partial charge on any atom is -0.409 e. The number of anilines is 1. The normalized spacial score (nSPS) is 12.4. The van der Waals surface area contributed by atoms with E-state index in [1.54, 1.807) is 20.9 Å². The summed E-state index contributed by atoms with van der Waals surface area (Å²) in [5.41, 5.74) is 1.09. The lowest BCUT2D eigenvalue weighted by atomic mass is 10.2. The first kappa shape index (κ1) is 21.7. The van der Waals surface area contributed by atoms with E-state index in [2.05, 4.69) is 35.2 Å². The number of halogens is 2. The van der Waals surface area contributed by atoms with Gasteiger partial charge >= 0.3 is 0 Å². The van der Waals surface area contributed by atoms with Gasteiger partial charge in [0.2, 0.25) is 15.9 Å². The van der Waals surface area contributed by atoms with Gasteiger partial charge in [-0.2, -0.15) is 5.10 Å². The summed E-state index contributed by atoms with van der Waals surface area (Å²) in [6.07, 6.45) is 0. The monoisotopic (exact) mass is 457 g/mol. The van der Waals surface area contributed by atoms with Crippen molar-refractivity contribution in [3.8, 4) is 0 Å². The molecule has 0 aliphatic rings. The Kier molecular flexibility index (Phi) is 6.05. The maximum atomic E-state index is 13.3. The average Bonchev–Trinajstić information content (AvgIpc) is 3.25. The summed E-state index contributed by atoms with van der Waals surface area (Å²) in [4.78, 5) is 0.0538. The number of oxime groups is 1. The van der Waals surface area contributed by atoms with Gasteiger partial charge in [0.15, 0.2) is 5.69 Å². The van der Waals surface area contributed by atoms with Gasteiger partial charge in [-0.05, 0) is 37.2 Å². The molecule has 0 fully saturated rings. The fourth-order valence-electron chi connectivity index (χ4n) is 2.72. The average molecular weight is 458 g/mol. The SMILES string of the molecule is Cc1nn(C)c(C)c1S(=O)(=O)NCc1nonc1/C(=N\O)Nc1ccc(F)c(Cl)c1. The first-order valence-electron chi connectivity index (χ1n) is 8.40. The van der Waals surface area contributed by atoms with Crippen LogP contribution in [0.25, 0.3) is 0 Å². The summed E-state index contributed by atoms with van der Waals surface area (Å²) in [5.74, 6) is -0.828. The van der Waals surface area contributed by atoms with Crippen LogP contribution in [-0.2, 0) is 23.6 Å². The fourth-order valence-corrected chi connectivity index (χ4v) is 4.33. The van der Waals surface area contributed by atoms with E-state index in [1.807, 2.05) is 0 Å². The maximum Gasteiger partial charge on any atom is 0.244 e. The Morgan fingerprint density at radius 3 is 2.70 bits per heavy atom. The highest BCUT2D eigenvalue weighted by atomic mass is 35.5. The standard InChI is InChI=1S/C16H17ClFN7O4S/c1-8-15(9(2)25(3)21-8)30(27,28)19-7-13-14(24-29-23-13)16(22-26)20-10-4-5-12(18)11(17)6-10/h4-6,19,26H,7H2,1-3H3,(H,20,22). The van der Waals surface area contributed by atoms with Gasteiger partial charge in [0, 0.05) is 12.7 Å². The predicted octanol–water partition coefficient (Wildman–Crippen LogP) is 1.94.